The molecule has 0 aliphatic carbocycles. The maximum atomic E-state index is 10.3. The number of ether oxygens (including phenoxy) is 1. The van der Waals surface area contributed by atoms with Crippen LogP contribution in [0.4, 0.5) is 4.79 Å². The molecule has 2 N–H and O–H groups in total. The van der Waals surface area contributed by atoms with Crippen molar-refractivity contribution in [2.75, 3.05) is 13.2 Å². The first-order valence-corrected chi connectivity index (χ1v) is 3.28. The van der Waals surface area contributed by atoms with Gasteiger partial charge in [0, 0.05) is 6.54 Å². The number of hydrogen-bond donors (Lipinski definition) is 2. The summed E-state index contributed by atoms with van der Waals surface area (Å²) in [6, 6.07) is 0. The Morgan fingerprint density at radius 1 is 1.67 bits per heavy atom. The van der Waals surface area contributed by atoms with E-state index < -0.39 is 5.09 Å². The normalized spacial score (nSPS) is 7.50. The second-order valence-electron chi connectivity index (χ2n) is 1.49. The molecule has 0 saturated carbocycles. The molecule has 12 heavy (non-hydrogen) atoms. The van der Waals surface area contributed by atoms with Gasteiger partial charge in [-0.3, -0.25) is 0 Å². The van der Waals surface area contributed by atoms with Crippen molar-refractivity contribution in [2.45, 2.75) is 13.8 Å². The van der Waals surface area contributed by atoms with E-state index in [4.69, 9.17) is 15.3 Å². The fourth-order valence-electron chi connectivity index (χ4n) is 0.326. The second kappa shape index (κ2) is 9.47. The lowest BCUT2D eigenvalue weighted by Gasteiger charge is -1.99. The monoisotopic (exact) mass is 180 g/mol. The van der Waals surface area contributed by atoms with Crippen LogP contribution in [0.1, 0.15) is 13.8 Å². The minimum Gasteiger partial charge on any atom is -0.450 e. The third-order valence-electron chi connectivity index (χ3n) is 0.597. The Hall–Kier alpha value is -1.53. The third-order valence-corrected chi connectivity index (χ3v) is 0.597. The minimum absolute atomic E-state index is 0.338. The number of hydrogen-bond acceptors (Lipinski definition) is 4. The second-order valence-corrected chi connectivity index (χ2v) is 1.49. The van der Waals surface area contributed by atoms with Crippen LogP contribution >= 0.6 is 0 Å². The molecule has 7 heteroatoms. The van der Waals surface area contributed by atoms with Crippen molar-refractivity contribution in [1.82, 2.24) is 5.32 Å². The van der Waals surface area contributed by atoms with Gasteiger partial charge in [0.25, 0.3) is 5.09 Å². The molecule has 0 aromatic rings. The van der Waals surface area contributed by atoms with Crippen molar-refractivity contribution in [1.29, 1.82) is 0 Å². The summed E-state index contributed by atoms with van der Waals surface area (Å²) in [7, 11) is 0. The smallest absolute Gasteiger partial charge is 0.407 e. The van der Waals surface area contributed by atoms with E-state index in [1.807, 2.05) is 6.92 Å². The van der Waals surface area contributed by atoms with E-state index in [0.717, 1.165) is 0 Å². The highest BCUT2D eigenvalue weighted by atomic mass is 16.9. The molecule has 0 aromatic carbocycles. The molecule has 0 aliphatic rings. The van der Waals surface area contributed by atoms with Crippen LogP contribution in [0.25, 0.3) is 0 Å². The highest BCUT2D eigenvalue weighted by Gasteiger charge is 1.92. The lowest BCUT2D eigenvalue weighted by molar-refractivity contribution is -0.742. The van der Waals surface area contributed by atoms with Gasteiger partial charge in [0.05, 0.1) is 6.61 Å². The van der Waals surface area contributed by atoms with E-state index in [1.54, 1.807) is 6.92 Å². The molecule has 0 heterocycles. The molecule has 0 unspecified atom stereocenters. The average molecular weight is 180 g/mol. The molecule has 0 rings (SSSR count). The molecule has 0 spiro atoms. The summed E-state index contributed by atoms with van der Waals surface area (Å²) in [5, 5.41) is 16.1. The van der Waals surface area contributed by atoms with Crippen molar-refractivity contribution in [3.63, 3.8) is 0 Å². The van der Waals surface area contributed by atoms with E-state index in [9.17, 15) is 4.79 Å². The Kier molecular flexibility index (Phi) is 10.3. The van der Waals surface area contributed by atoms with E-state index in [1.165, 1.54) is 0 Å². The van der Waals surface area contributed by atoms with Crippen molar-refractivity contribution < 1.29 is 19.8 Å². The molecule has 0 radical (unpaired) electrons. The van der Waals surface area contributed by atoms with Gasteiger partial charge < -0.3 is 15.3 Å². The van der Waals surface area contributed by atoms with Crippen LogP contribution in [0, 0.1) is 10.1 Å². The maximum Gasteiger partial charge on any atom is 0.407 e. The molecule has 0 fully saturated rings. The Balaban J connectivity index is 0. The summed E-state index contributed by atoms with van der Waals surface area (Å²) >= 11 is 0. The average Bonchev–Trinajstić information content (AvgIpc) is 1.87. The fourth-order valence-corrected chi connectivity index (χ4v) is 0.326. The summed E-state index contributed by atoms with van der Waals surface area (Å²) in [4.78, 5) is 18.7. The van der Waals surface area contributed by atoms with E-state index in [0.29, 0.717) is 13.2 Å². The molecule has 0 aromatic heterocycles. The summed E-state index contributed by atoms with van der Waals surface area (Å²) in [6.45, 7) is 4.68. The Morgan fingerprint density at radius 2 is 2.08 bits per heavy atom. The Labute approximate surface area is 69.4 Å². The van der Waals surface area contributed by atoms with Gasteiger partial charge in [0.15, 0.2) is 0 Å². The Bertz CT molecular complexity index is 126. The van der Waals surface area contributed by atoms with Crippen LogP contribution in [0.2, 0.25) is 0 Å². The highest BCUT2D eigenvalue weighted by Crippen LogP contribution is 1.72. The number of carbonyl (C=O) groups is 1. The summed E-state index contributed by atoms with van der Waals surface area (Å²) < 4.78 is 4.53. The molecule has 0 atom stereocenters. The van der Waals surface area contributed by atoms with Gasteiger partial charge in [-0.05, 0) is 13.8 Å². The molecule has 7 nitrogen and oxygen atoms in total. The van der Waals surface area contributed by atoms with Crippen LogP contribution in [0.3, 0.4) is 0 Å². The number of nitrogens with one attached hydrogen (secondary N) is 1. The van der Waals surface area contributed by atoms with Gasteiger partial charge >= 0.3 is 6.09 Å². The maximum absolute atomic E-state index is 10.3. The first-order valence-electron chi connectivity index (χ1n) is 3.28. The van der Waals surface area contributed by atoms with E-state index in [2.05, 4.69) is 10.1 Å². The SMILES string of the molecule is CCNC(=O)OCC.O=[N+]([O-])O. The van der Waals surface area contributed by atoms with Crippen molar-refractivity contribution in [3.8, 4) is 0 Å². The molecule has 0 saturated heterocycles. The quantitative estimate of drug-likeness (QED) is 0.473. The first kappa shape index (κ1) is 13.1. The predicted molar refractivity (Wildman–Crippen MR) is 39.5 cm³/mol. The zero-order chi connectivity index (χ0) is 9.98. The molecule has 0 aliphatic heterocycles. The minimum atomic E-state index is -1.50. The van der Waals surface area contributed by atoms with Gasteiger partial charge in [-0.15, -0.1) is 10.1 Å². The zero-order valence-electron chi connectivity index (χ0n) is 6.94. The van der Waals surface area contributed by atoms with Crippen molar-refractivity contribution >= 4 is 6.09 Å². The highest BCUT2D eigenvalue weighted by molar-refractivity contribution is 5.66. The van der Waals surface area contributed by atoms with Crippen LogP contribution in [-0.4, -0.2) is 29.5 Å². The zero-order valence-corrected chi connectivity index (χ0v) is 6.94. The number of rotatable bonds is 2. The van der Waals surface area contributed by atoms with Crippen LogP contribution in [0.15, 0.2) is 0 Å². The number of alkyl carbamates (subject to hydrolysis) is 1. The van der Waals surface area contributed by atoms with Gasteiger partial charge in [-0.25, -0.2) is 4.79 Å². The molecular weight excluding hydrogens is 168 g/mol. The number of carbonyl (C=O) groups excluding carboxylic acids is 1. The molecule has 0 bridgehead atoms. The Morgan fingerprint density at radius 3 is 2.33 bits per heavy atom. The number of nitrogens with zero attached hydrogens (tertiary/aromatic N) is 1. The lowest BCUT2D eigenvalue weighted by Crippen LogP contribution is -2.23. The predicted octanol–water partition coefficient (Wildman–Crippen LogP) is 0.405. The standard InChI is InChI=1S/C5H11NO2.HNO3/c1-3-6-5(7)8-4-2;2-1(3)4/h3-4H2,1-2H3,(H,6,7);(H,2,3,4). The van der Waals surface area contributed by atoms with E-state index in [-0.39, 0.29) is 6.09 Å². The molecule has 1 amide bonds. The summed E-state index contributed by atoms with van der Waals surface area (Å²) in [5.74, 6) is 0. The lowest BCUT2D eigenvalue weighted by atomic mass is 10.7. The first-order chi connectivity index (χ1) is 5.54. The largest absolute Gasteiger partial charge is 0.450 e. The van der Waals surface area contributed by atoms with Crippen molar-refractivity contribution in [3.05, 3.63) is 10.1 Å². The van der Waals surface area contributed by atoms with Gasteiger partial charge in [0.1, 0.15) is 0 Å². The summed E-state index contributed by atoms with van der Waals surface area (Å²) in [6.07, 6.45) is -0.338. The van der Waals surface area contributed by atoms with Gasteiger partial charge in [0.2, 0.25) is 0 Å². The third kappa shape index (κ3) is 23.7. The van der Waals surface area contributed by atoms with Crippen LogP contribution in [0.5, 0.6) is 0 Å². The van der Waals surface area contributed by atoms with Crippen LogP contribution in [-0.2, 0) is 4.74 Å². The van der Waals surface area contributed by atoms with Gasteiger partial charge in [-0.2, -0.15) is 0 Å². The fraction of sp³-hybridized carbons (Fsp3) is 0.800. The van der Waals surface area contributed by atoms with Crippen molar-refractivity contribution in [2.24, 2.45) is 0 Å². The topological polar surface area (TPSA) is 102 Å². The molecule has 72 valence electrons. The molecular formula is C5H12N2O5. The van der Waals surface area contributed by atoms with Crippen LogP contribution < -0.4 is 5.32 Å². The summed E-state index contributed by atoms with van der Waals surface area (Å²) in [5.41, 5.74) is 0. The van der Waals surface area contributed by atoms with Gasteiger partial charge in [-0.1, -0.05) is 0 Å². The van der Waals surface area contributed by atoms with E-state index >= 15 is 0 Å². The number of amides is 1.